The summed E-state index contributed by atoms with van der Waals surface area (Å²) in [6.07, 6.45) is 2.08. The van der Waals surface area contributed by atoms with Gasteiger partial charge in [-0.2, -0.15) is 5.21 Å². The summed E-state index contributed by atoms with van der Waals surface area (Å²) < 4.78 is 7.30. The molecule has 3 aromatic carbocycles. The van der Waals surface area contributed by atoms with E-state index < -0.39 is 28.6 Å². The highest BCUT2D eigenvalue weighted by Gasteiger charge is 2.34. The molecule has 52 heavy (non-hydrogen) atoms. The summed E-state index contributed by atoms with van der Waals surface area (Å²) >= 11 is 0. The largest absolute Gasteiger partial charge is 0.464 e. The van der Waals surface area contributed by atoms with Gasteiger partial charge in [-0.05, 0) is 60.6 Å². The van der Waals surface area contributed by atoms with Gasteiger partial charge < -0.3 is 24.6 Å². The number of aromatic amines is 1. The lowest BCUT2D eigenvalue weighted by Gasteiger charge is -2.21. The normalized spacial score (nSPS) is 11.9. The number of hydrogen-bond donors (Lipinski definition) is 3. The summed E-state index contributed by atoms with van der Waals surface area (Å²) in [4.78, 5) is 47.2. The minimum atomic E-state index is -1.48. The molecule has 272 valence electrons. The first kappa shape index (κ1) is 37.3. The van der Waals surface area contributed by atoms with Crippen LogP contribution in [0.2, 0.25) is 0 Å². The number of benzene rings is 3. The highest BCUT2D eigenvalue weighted by Crippen LogP contribution is 2.31. The Labute approximate surface area is 300 Å². The average Bonchev–Trinajstić information content (AvgIpc) is 3.79. The predicted molar refractivity (Wildman–Crippen MR) is 190 cm³/mol. The Morgan fingerprint density at radius 1 is 0.981 bits per heavy atom. The van der Waals surface area contributed by atoms with Crippen LogP contribution in [0, 0.1) is 10.1 Å². The molecule has 0 saturated carbocycles. The van der Waals surface area contributed by atoms with Gasteiger partial charge in [0.1, 0.15) is 28.9 Å². The third kappa shape index (κ3) is 9.63. The van der Waals surface area contributed by atoms with Crippen molar-refractivity contribution in [1.29, 1.82) is 0 Å². The summed E-state index contributed by atoms with van der Waals surface area (Å²) in [6.45, 7) is 5.29. The highest BCUT2D eigenvalue weighted by atomic mass is 16.9. The second-order valence-electron chi connectivity index (χ2n) is 12.7. The molecule has 0 bridgehead atoms. The van der Waals surface area contributed by atoms with Gasteiger partial charge in [-0.1, -0.05) is 85.8 Å². The van der Waals surface area contributed by atoms with E-state index in [-0.39, 0.29) is 37.6 Å². The van der Waals surface area contributed by atoms with E-state index in [1.807, 2.05) is 85.8 Å². The number of H-pyrrole nitrogens is 1. The maximum atomic E-state index is 14.3. The van der Waals surface area contributed by atoms with E-state index in [1.54, 1.807) is 18.4 Å². The quantitative estimate of drug-likeness (QED) is 0.0487. The number of amides is 1. The summed E-state index contributed by atoms with van der Waals surface area (Å²) in [5.41, 5.74) is 3.22. The zero-order valence-electron chi connectivity index (χ0n) is 29.3. The summed E-state index contributed by atoms with van der Waals surface area (Å²) in [7, 11) is 0. The summed E-state index contributed by atoms with van der Waals surface area (Å²) in [5.74, 6) is -0.145. The monoisotopic (exact) mass is 710 g/mol. The number of aliphatic hydroxyl groups is 1. The van der Waals surface area contributed by atoms with Crippen LogP contribution in [-0.2, 0) is 39.4 Å². The number of esters is 1. The Balaban J connectivity index is 1.43. The number of carbonyl (C=O) groups is 2. The van der Waals surface area contributed by atoms with Crippen LogP contribution in [0.1, 0.15) is 73.2 Å². The molecular formula is C37H42N8O7. The molecule has 0 aliphatic rings. The number of aromatic nitrogens is 6. The molecule has 2 heterocycles. The predicted octanol–water partition coefficient (Wildman–Crippen LogP) is 4.83. The van der Waals surface area contributed by atoms with E-state index >= 15 is 0 Å². The third-order valence-corrected chi connectivity index (χ3v) is 8.29. The van der Waals surface area contributed by atoms with Gasteiger partial charge in [-0.15, -0.1) is 20.3 Å². The zero-order valence-corrected chi connectivity index (χ0v) is 29.3. The van der Waals surface area contributed by atoms with Crippen molar-refractivity contribution >= 4 is 11.9 Å². The molecule has 0 aliphatic heterocycles. The lowest BCUT2D eigenvalue weighted by molar-refractivity contribution is -0.757. The Bertz CT molecular complexity index is 1940. The number of imidazole rings is 1. The number of ether oxygens (including phenoxy) is 1. The molecule has 5 rings (SSSR count). The number of aryl methyl sites for hydroxylation is 1. The van der Waals surface area contributed by atoms with Crippen molar-refractivity contribution in [3.05, 3.63) is 117 Å². The summed E-state index contributed by atoms with van der Waals surface area (Å²) in [5, 5.41) is 38.1. The molecule has 0 saturated heterocycles. The van der Waals surface area contributed by atoms with Crippen molar-refractivity contribution in [3.63, 3.8) is 0 Å². The Morgan fingerprint density at radius 3 is 2.33 bits per heavy atom. The Kier molecular flexibility index (Phi) is 12.4. The second-order valence-corrected chi connectivity index (χ2v) is 12.7. The number of tetrazole rings is 1. The van der Waals surface area contributed by atoms with Gasteiger partial charge in [0.2, 0.25) is 5.82 Å². The topological polar surface area (TPSA) is 200 Å². The molecule has 0 radical (unpaired) electrons. The van der Waals surface area contributed by atoms with Crippen LogP contribution < -0.4 is 5.32 Å². The third-order valence-electron chi connectivity index (χ3n) is 8.29. The fraction of sp³-hybridized carbons (Fsp3) is 0.351. The van der Waals surface area contributed by atoms with Crippen molar-refractivity contribution in [1.82, 2.24) is 35.5 Å². The minimum absolute atomic E-state index is 0.00978. The van der Waals surface area contributed by atoms with Gasteiger partial charge in [-0.25, -0.2) is 9.78 Å². The molecule has 5 aromatic rings. The van der Waals surface area contributed by atoms with Crippen molar-refractivity contribution < 1.29 is 29.4 Å². The van der Waals surface area contributed by atoms with Crippen molar-refractivity contribution in [3.8, 4) is 22.5 Å². The van der Waals surface area contributed by atoms with Crippen LogP contribution in [-0.4, -0.2) is 71.5 Å². The van der Waals surface area contributed by atoms with Crippen molar-refractivity contribution in [2.75, 3.05) is 13.2 Å². The van der Waals surface area contributed by atoms with E-state index in [9.17, 15) is 24.8 Å². The molecule has 1 atom stereocenters. The number of unbranched alkanes of at least 4 members (excludes halogenated alkanes) is 1. The fourth-order valence-electron chi connectivity index (χ4n) is 5.80. The van der Waals surface area contributed by atoms with Gasteiger partial charge >= 0.3 is 5.97 Å². The van der Waals surface area contributed by atoms with Gasteiger partial charge in [0, 0.05) is 24.9 Å². The highest BCUT2D eigenvalue weighted by molar-refractivity contribution is 5.97. The molecule has 3 N–H and O–H groups in total. The van der Waals surface area contributed by atoms with Crippen LogP contribution in [0.15, 0.2) is 78.9 Å². The van der Waals surface area contributed by atoms with Crippen LogP contribution in [0.25, 0.3) is 22.5 Å². The lowest BCUT2D eigenvalue weighted by atomic mass is 9.98. The first-order valence-corrected chi connectivity index (χ1v) is 17.1. The van der Waals surface area contributed by atoms with Crippen LogP contribution in [0.4, 0.5) is 0 Å². The number of nitrogens with one attached hydrogen (secondary N) is 2. The molecule has 0 spiro atoms. The zero-order chi connectivity index (χ0) is 37.1. The lowest BCUT2D eigenvalue weighted by Crippen LogP contribution is -2.45. The number of carbonyl (C=O) groups excluding carboxylic acids is 2. The van der Waals surface area contributed by atoms with Gasteiger partial charge in [0.05, 0.1) is 13.2 Å². The van der Waals surface area contributed by atoms with E-state index in [0.717, 1.165) is 34.2 Å². The average molecular weight is 711 g/mol. The van der Waals surface area contributed by atoms with E-state index in [4.69, 9.17) is 9.72 Å². The molecule has 15 heteroatoms. The van der Waals surface area contributed by atoms with Crippen molar-refractivity contribution in [2.45, 2.75) is 71.1 Å². The van der Waals surface area contributed by atoms with Crippen LogP contribution >= 0.6 is 0 Å². The minimum Gasteiger partial charge on any atom is -0.464 e. The molecule has 2 aromatic heterocycles. The van der Waals surface area contributed by atoms with Gasteiger partial charge in [0.25, 0.3) is 11.0 Å². The number of rotatable bonds is 18. The maximum absolute atomic E-state index is 14.3. The van der Waals surface area contributed by atoms with Crippen LogP contribution in [0.5, 0.6) is 0 Å². The van der Waals surface area contributed by atoms with E-state index in [1.165, 1.54) is 0 Å². The smallest absolute Gasteiger partial charge is 0.328 e. The van der Waals surface area contributed by atoms with Gasteiger partial charge in [-0.3, -0.25) is 4.79 Å². The van der Waals surface area contributed by atoms with Crippen LogP contribution in [0.3, 0.4) is 0 Å². The number of nitrogens with zero attached hydrogens (tertiary/aromatic N) is 6. The molecule has 1 unspecified atom stereocenters. The molecular weight excluding hydrogens is 668 g/mol. The first-order chi connectivity index (χ1) is 25.0. The van der Waals surface area contributed by atoms with E-state index in [0.29, 0.717) is 30.9 Å². The Morgan fingerprint density at radius 2 is 1.67 bits per heavy atom. The second kappa shape index (κ2) is 17.3. The fourth-order valence-corrected chi connectivity index (χ4v) is 5.80. The summed E-state index contributed by atoms with van der Waals surface area (Å²) in [6, 6.07) is 23.8. The molecule has 1 amide bonds. The standard InChI is InChI=1S/C37H42N8O7/c1-4-12-31-39-33(37(2,3)48)32(35(46)38-30(23-25-13-6-5-7-14-25)36(47)51-21-10-11-22-52-45(49)50)44(31)24-26-17-19-27(20-18-26)28-15-8-9-16-29(28)34-40-42-43-41-34/h5-9,13-20,30,48H,4,10-12,21-24H2,1-3H3,(H,38,46)(H,40,41,42,43). The molecule has 15 nitrogen and oxygen atoms in total. The first-order valence-electron chi connectivity index (χ1n) is 17.1. The molecule has 0 aliphatic carbocycles. The SMILES string of the molecule is CCCc1nc(C(C)(C)O)c(C(=O)NC(Cc2ccccc2)C(=O)OCCCCO[N+](=O)[O-])n1Cc1ccc(-c2ccccc2-c2nn[nH]n2)cc1. The van der Waals surface area contributed by atoms with E-state index in [2.05, 4.69) is 30.8 Å². The molecule has 0 fully saturated rings. The number of hydrogen-bond acceptors (Lipinski definition) is 11. The van der Waals surface area contributed by atoms with Gasteiger partial charge in [0.15, 0.2) is 0 Å². The Hall–Kier alpha value is -5.96. The van der Waals surface area contributed by atoms with Crippen molar-refractivity contribution in [2.24, 2.45) is 0 Å². The maximum Gasteiger partial charge on any atom is 0.328 e.